The minimum absolute atomic E-state index is 0.142. The topological polar surface area (TPSA) is 55.8 Å². The first kappa shape index (κ1) is 23.9. The third kappa shape index (κ3) is 4.33. The van der Waals surface area contributed by atoms with Gasteiger partial charge in [0.2, 0.25) is 0 Å². The van der Waals surface area contributed by atoms with E-state index in [0.717, 1.165) is 63.8 Å². The molecule has 0 N–H and O–H groups in total. The molecule has 0 radical (unpaired) electrons. The van der Waals surface area contributed by atoms with Crippen LogP contribution in [-0.4, -0.2) is 30.6 Å². The molecule has 0 atom stereocenters. The van der Waals surface area contributed by atoms with Crippen LogP contribution in [-0.2, 0) is 16.2 Å². The molecule has 1 heterocycles. The van der Waals surface area contributed by atoms with E-state index in [4.69, 9.17) is 9.47 Å². The van der Waals surface area contributed by atoms with Gasteiger partial charge in [0.25, 0.3) is 0 Å². The van der Waals surface area contributed by atoms with Gasteiger partial charge in [-0.05, 0) is 71.8 Å². The van der Waals surface area contributed by atoms with Crippen LogP contribution in [0.3, 0.4) is 0 Å². The van der Waals surface area contributed by atoms with E-state index in [2.05, 4.69) is 39.9 Å². The molecule has 2 aromatic carbocycles. The van der Waals surface area contributed by atoms with Gasteiger partial charge in [-0.25, -0.2) is 0 Å². The van der Waals surface area contributed by atoms with Gasteiger partial charge in [-0.1, -0.05) is 29.8 Å². The monoisotopic (exact) mass is 535 g/mol. The minimum atomic E-state index is -0.368. The molecule has 0 saturated heterocycles. The van der Waals surface area contributed by atoms with Crippen LogP contribution in [0.4, 0.5) is 0 Å². The quantitative estimate of drug-likeness (QED) is 0.444. The number of hydrogen-bond donors (Lipinski definition) is 0. The smallest absolute Gasteiger partial charge is 0.175 e. The van der Waals surface area contributed by atoms with E-state index in [-0.39, 0.29) is 17.5 Å². The fraction of sp³-hybridized carbons (Fsp3) is 0.379. The Bertz CT molecular complexity index is 1230. The van der Waals surface area contributed by atoms with Gasteiger partial charge in [0, 0.05) is 48.3 Å². The molecule has 5 nitrogen and oxygen atoms in total. The molecule has 2 aliphatic carbocycles. The van der Waals surface area contributed by atoms with Gasteiger partial charge in [0.1, 0.15) is 6.61 Å². The first-order valence-electron chi connectivity index (χ1n) is 12.2. The summed E-state index contributed by atoms with van der Waals surface area (Å²) < 4.78 is 12.7. The molecule has 0 unspecified atom stereocenters. The molecule has 5 rings (SSSR count). The minimum Gasteiger partial charge on any atom is -0.493 e. The second-order valence-electron chi connectivity index (χ2n) is 9.58. The molecule has 182 valence electrons. The van der Waals surface area contributed by atoms with Crippen molar-refractivity contribution in [1.29, 1.82) is 0 Å². The highest BCUT2D eigenvalue weighted by molar-refractivity contribution is 9.10. The molecule has 0 fully saturated rings. The van der Waals surface area contributed by atoms with E-state index < -0.39 is 0 Å². The van der Waals surface area contributed by atoms with Crippen LogP contribution in [0.25, 0.3) is 0 Å². The van der Waals surface area contributed by atoms with Crippen LogP contribution in [0.2, 0.25) is 0 Å². The lowest BCUT2D eigenvalue weighted by molar-refractivity contribution is -0.117. The second kappa shape index (κ2) is 9.65. The third-order valence-electron chi connectivity index (χ3n) is 7.30. The number of halogens is 1. The van der Waals surface area contributed by atoms with Crippen molar-refractivity contribution < 1.29 is 19.1 Å². The standard InChI is InChI=1S/C29H30BrNO4/c1-17-7-4-8-18(13-17)16-35-29-20(30)14-19(15-25(29)34-3)26-27-21(9-5-11-23(27)32)31(2)22-10-6-12-24(33)28(22)26/h4,7-8,13-15,26H,5-6,9-12,16H2,1-3H3. The third-order valence-corrected chi connectivity index (χ3v) is 7.88. The van der Waals surface area contributed by atoms with Crippen LogP contribution in [0.5, 0.6) is 11.5 Å². The molecule has 3 aliphatic rings. The van der Waals surface area contributed by atoms with Gasteiger partial charge in [-0.3, -0.25) is 9.59 Å². The summed E-state index contributed by atoms with van der Waals surface area (Å²) in [7, 11) is 3.63. The van der Waals surface area contributed by atoms with Gasteiger partial charge in [-0.2, -0.15) is 0 Å². The zero-order valence-electron chi connectivity index (χ0n) is 20.4. The Morgan fingerprint density at radius 1 is 0.971 bits per heavy atom. The number of carbonyl (C=O) groups excluding carboxylic acids is 2. The predicted octanol–water partition coefficient (Wildman–Crippen LogP) is 6.39. The van der Waals surface area contributed by atoms with E-state index in [0.29, 0.717) is 30.9 Å². The summed E-state index contributed by atoms with van der Waals surface area (Å²) in [6.07, 6.45) is 4.46. The van der Waals surface area contributed by atoms with Gasteiger partial charge in [-0.15, -0.1) is 0 Å². The van der Waals surface area contributed by atoms with Crippen molar-refractivity contribution in [1.82, 2.24) is 4.90 Å². The van der Waals surface area contributed by atoms with Gasteiger partial charge in [0.05, 0.1) is 11.6 Å². The molecule has 0 aromatic heterocycles. The number of carbonyl (C=O) groups is 2. The van der Waals surface area contributed by atoms with Gasteiger partial charge >= 0.3 is 0 Å². The van der Waals surface area contributed by atoms with E-state index in [9.17, 15) is 9.59 Å². The fourth-order valence-electron chi connectivity index (χ4n) is 5.69. The van der Waals surface area contributed by atoms with Crippen molar-refractivity contribution in [2.24, 2.45) is 0 Å². The van der Waals surface area contributed by atoms with Gasteiger partial charge < -0.3 is 14.4 Å². The van der Waals surface area contributed by atoms with Crippen molar-refractivity contribution in [2.75, 3.05) is 14.2 Å². The summed E-state index contributed by atoms with van der Waals surface area (Å²) in [6, 6.07) is 12.1. The number of aryl methyl sites for hydroxylation is 1. The number of rotatable bonds is 5. The summed E-state index contributed by atoms with van der Waals surface area (Å²) in [5, 5.41) is 0. The fourth-order valence-corrected chi connectivity index (χ4v) is 6.26. The number of hydrogen-bond acceptors (Lipinski definition) is 5. The normalized spacial score (nSPS) is 18.6. The Hall–Kier alpha value is -2.86. The number of ether oxygens (including phenoxy) is 2. The molecule has 35 heavy (non-hydrogen) atoms. The average molecular weight is 536 g/mol. The molecule has 0 amide bonds. The van der Waals surface area contributed by atoms with Crippen molar-refractivity contribution in [3.8, 4) is 11.5 Å². The molecule has 2 aromatic rings. The van der Waals surface area contributed by atoms with Gasteiger partial charge in [0.15, 0.2) is 23.1 Å². The van der Waals surface area contributed by atoms with Crippen molar-refractivity contribution in [2.45, 2.75) is 58.0 Å². The zero-order chi connectivity index (χ0) is 24.7. The van der Waals surface area contributed by atoms with Crippen LogP contribution in [0, 0.1) is 6.92 Å². The van der Waals surface area contributed by atoms with Crippen LogP contribution in [0.15, 0.2) is 63.4 Å². The summed E-state index contributed by atoms with van der Waals surface area (Å²) in [5.41, 5.74) is 6.81. The molecular weight excluding hydrogens is 506 g/mol. The highest BCUT2D eigenvalue weighted by atomic mass is 79.9. The number of benzene rings is 2. The SMILES string of the molecule is COc1cc(C2C3=C(CCCC3=O)N(C)C3=C2C(=O)CCC3)cc(Br)c1OCc1cccc(C)c1. The second-order valence-corrected chi connectivity index (χ2v) is 10.4. The lowest BCUT2D eigenvalue weighted by Gasteiger charge is -2.42. The summed E-state index contributed by atoms with van der Waals surface area (Å²) in [6.45, 7) is 2.47. The van der Waals surface area contributed by atoms with E-state index in [1.807, 2.05) is 31.3 Å². The Balaban J connectivity index is 1.58. The molecule has 0 spiro atoms. The van der Waals surface area contributed by atoms with Crippen molar-refractivity contribution in [3.63, 3.8) is 0 Å². The number of Topliss-reactive ketones (excluding diaryl/α,β-unsaturated/α-hetero) is 2. The van der Waals surface area contributed by atoms with Crippen molar-refractivity contribution in [3.05, 3.63) is 80.1 Å². The largest absolute Gasteiger partial charge is 0.493 e. The molecule has 0 bridgehead atoms. The summed E-state index contributed by atoms with van der Waals surface area (Å²) in [4.78, 5) is 28.6. The number of methoxy groups -OCH3 is 1. The first-order chi connectivity index (χ1) is 16.9. The maximum Gasteiger partial charge on any atom is 0.175 e. The van der Waals surface area contributed by atoms with Crippen LogP contribution in [0.1, 0.15) is 61.1 Å². The number of nitrogens with zero attached hydrogens (tertiary/aromatic N) is 1. The zero-order valence-corrected chi connectivity index (χ0v) is 22.0. The predicted molar refractivity (Wildman–Crippen MR) is 138 cm³/mol. The average Bonchev–Trinajstić information content (AvgIpc) is 2.84. The number of ketones is 2. The maximum atomic E-state index is 13.2. The molecule has 6 heteroatoms. The van der Waals surface area contributed by atoms with Crippen molar-refractivity contribution >= 4 is 27.5 Å². The highest BCUT2D eigenvalue weighted by Gasteiger charge is 2.42. The molecular formula is C29H30BrNO4. The Labute approximate surface area is 214 Å². The van der Waals surface area contributed by atoms with E-state index in [1.54, 1.807) is 7.11 Å². The van der Waals surface area contributed by atoms with E-state index >= 15 is 0 Å². The Morgan fingerprint density at radius 2 is 1.63 bits per heavy atom. The molecule has 1 aliphatic heterocycles. The first-order valence-corrected chi connectivity index (χ1v) is 13.0. The number of allylic oxidation sites excluding steroid dienone is 4. The summed E-state index contributed by atoms with van der Waals surface area (Å²) in [5.74, 6) is 1.11. The van der Waals surface area contributed by atoms with Crippen LogP contribution >= 0.6 is 15.9 Å². The lowest BCUT2D eigenvalue weighted by Crippen LogP contribution is -2.37. The molecule has 0 saturated carbocycles. The Morgan fingerprint density at radius 3 is 2.23 bits per heavy atom. The van der Waals surface area contributed by atoms with Crippen LogP contribution < -0.4 is 9.47 Å². The maximum absolute atomic E-state index is 13.2. The summed E-state index contributed by atoms with van der Waals surface area (Å²) >= 11 is 3.69. The van der Waals surface area contributed by atoms with E-state index in [1.165, 1.54) is 5.56 Å². The lowest BCUT2D eigenvalue weighted by atomic mass is 9.71. The Kier molecular flexibility index (Phi) is 6.58. The highest BCUT2D eigenvalue weighted by Crippen LogP contribution is 2.50.